The lowest BCUT2D eigenvalue weighted by Gasteiger charge is -2.11. The lowest BCUT2D eigenvalue weighted by Crippen LogP contribution is -2.05. The predicted molar refractivity (Wildman–Crippen MR) is 74.5 cm³/mol. The van der Waals surface area contributed by atoms with E-state index in [4.69, 9.17) is 10.5 Å². The summed E-state index contributed by atoms with van der Waals surface area (Å²) in [5.41, 5.74) is 9.74. The second-order valence-corrected chi connectivity index (χ2v) is 4.65. The fraction of sp³-hybridized carbons (Fsp3) is 0.250. The zero-order chi connectivity index (χ0) is 13.8. The summed E-state index contributed by atoms with van der Waals surface area (Å²) in [5.74, 6) is 0.520. The van der Waals surface area contributed by atoms with E-state index >= 15 is 0 Å². The van der Waals surface area contributed by atoms with Gasteiger partial charge in [-0.25, -0.2) is 4.39 Å². The molecule has 2 aromatic carbocycles. The van der Waals surface area contributed by atoms with Crippen molar-refractivity contribution in [3.8, 4) is 5.75 Å². The van der Waals surface area contributed by atoms with Gasteiger partial charge in [-0.15, -0.1) is 0 Å². The Bertz CT molecular complexity index is 581. The maximum absolute atomic E-state index is 13.2. The van der Waals surface area contributed by atoms with Gasteiger partial charge >= 0.3 is 0 Å². The molecule has 0 bridgehead atoms. The summed E-state index contributed by atoms with van der Waals surface area (Å²) in [6.07, 6.45) is 0. The molecule has 2 rings (SSSR count). The van der Waals surface area contributed by atoms with Crippen LogP contribution in [0.2, 0.25) is 0 Å². The quantitative estimate of drug-likeness (QED) is 0.912. The average molecular weight is 259 g/mol. The number of ether oxygens (including phenoxy) is 1. The summed E-state index contributed by atoms with van der Waals surface area (Å²) in [6, 6.07) is 10.5. The Kier molecular flexibility index (Phi) is 4.17. The Labute approximate surface area is 113 Å². The van der Waals surface area contributed by atoms with E-state index in [-0.39, 0.29) is 5.82 Å². The van der Waals surface area contributed by atoms with Crippen LogP contribution in [0.5, 0.6) is 5.75 Å². The first-order valence-corrected chi connectivity index (χ1v) is 6.27. The third kappa shape index (κ3) is 3.32. The molecule has 0 radical (unpaired) electrons. The van der Waals surface area contributed by atoms with Crippen molar-refractivity contribution >= 4 is 0 Å². The molecule has 19 heavy (non-hydrogen) atoms. The molecule has 100 valence electrons. The minimum atomic E-state index is -0.268. The highest BCUT2D eigenvalue weighted by Gasteiger charge is 2.04. The fourth-order valence-electron chi connectivity index (χ4n) is 1.89. The molecule has 0 aliphatic rings. The van der Waals surface area contributed by atoms with Gasteiger partial charge in [-0.3, -0.25) is 0 Å². The van der Waals surface area contributed by atoms with Crippen LogP contribution in [0.15, 0.2) is 36.4 Å². The van der Waals surface area contributed by atoms with E-state index in [1.165, 1.54) is 23.3 Å². The van der Waals surface area contributed by atoms with E-state index in [9.17, 15) is 4.39 Å². The average Bonchev–Trinajstić information content (AvgIpc) is 2.40. The van der Waals surface area contributed by atoms with E-state index in [0.29, 0.717) is 13.2 Å². The summed E-state index contributed by atoms with van der Waals surface area (Å²) in [6.45, 7) is 4.80. The molecule has 0 aromatic heterocycles. The maximum Gasteiger partial charge on any atom is 0.123 e. The molecular weight excluding hydrogens is 241 g/mol. The Morgan fingerprint density at radius 1 is 1.00 bits per heavy atom. The maximum atomic E-state index is 13.2. The highest BCUT2D eigenvalue weighted by molar-refractivity contribution is 5.34. The third-order valence-electron chi connectivity index (χ3n) is 3.26. The molecule has 3 heteroatoms. The van der Waals surface area contributed by atoms with E-state index in [2.05, 4.69) is 6.92 Å². The zero-order valence-electron chi connectivity index (χ0n) is 11.2. The molecule has 0 atom stereocenters. The van der Waals surface area contributed by atoms with Crippen LogP contribution in [0.1, 0.15) is 22.3 Å². The van der Waals surface area contributed by atoms with Crippen LogP contribution in [-0.4, -0.2) is 0 Å². The number of benzene rings is 2. The number of hydrogen-bond donors (Lipinski definition) is 1. The van der Waals surface area contributed by atoms with E-state index in [1.807, 2.05) is 25.1 Å². The molecule has 0 amide bonds. The summed E-state index contributed by atoms with van der Waals surface area (Å²) in [7, 11) is 0. The molecule has 0 fully saturated rings. The van der Waals surface area contributed by atoms with Crippen molar-refractivity contribution < 1.29 is 9.13 Å². The van der Waals surface area contributed by atoms with Crippen molar-refractivity contribution in [2.45, 2.75) is 27.0 Å². The van der Waals surface area contributed by atoms with Gasteiger partial charge in [0.25, 0.3) is 0 Å². The van der Waals surface area contributed by atoms with Gasteiger partial charge < -0.3 is 10.5 Å². The van der Waals surface area contributed by atoms with Gasteiger partial charge in [-0.2, -0.15) is 0 Å². The van der Waals surface area contributed by atoms with Crippen LogP contribution in [0.4, 0.5) is 4.39 Å². The van der Waals surface area contributed by atoms with Crippen LogP contribution in [-0.2, 0) is 13.2 Å². The van der Waals surface area contributed by atoms with Crippen LogP contribution in [0, 0.1) is 19.7 Å². The minimum Gasteiger partial charge on any atom is -0.489 e. The topological polar surface area (TPSA) is 35.2 Å². The molecule has 2 N–H and O–H groups in total. The second kappa shape index (κ2) is 5.85. The first-order valence-electron chi connectivity index (χ1n) is 6.27. The Morgan fingerprint density at radius 3 is 2.47 bits per heavy atom. The first kappa shape index (κ1) is 13.6. The van der Waals surface area contributed by atoms with Gasteiger partial charge in [0.2, 0.25) is 0 Å². The Hall–Kier alpha value is -1.87. The first-order chi connectivity index (χ1) is 9.10. The van der Waals surface area contributed by atoms with Crippen LogP contribution in [0.25, 0.3) is 0 Å². The number of nitrogens with two attached hydrogens (primary N) is 1. The molecular formula is C16H18FNO. The van der Waals surface area contributed by atoms with Gasteiger partial charge in [0.1, 0.15) is 18.2 Å². The van der Waals surface area contributed by atoms with E-state index in [0.717, 1.165) is 16.9 Å². The fourth-order valence-corrected chi connectivity index (χ4v) is 1.89. The van der Waals surface area contributed by atoms with Crippen LogP contribution in [0.3, 0.4) is 0 Å². The minimum absolute atomic E-state index is 0.268. The van der Waals surface area contributed by atoms with Crippen LogP contribution >= 0.6 is 0 Å². The SMILES string of the molecule is Cc1ccc(OCc2cc(F)ccc2CN)cc1C. The van der Waals surface area contributed by atoms with Gasteiger partial charge in [0.05, 0.1) is 0 Å². The van der Waals surface area contributed by atoms with Crippen molar-refractivity contribution in [3.05, 3.63) is 64.5 Å². The summed E-state index contributed by atoms with van der Waals surface area (Å²) >= 11 is 0. The van der Waals surface area contributed by atoms with Crippen molar-refractivity contribution in [3.63, 3.8) is 0 Å². The number of aryl methyl sites for hydroxylation is 2. The Balaban J connectivity index is 2.13. The summed E-state index contributed by atoms with van der Waals surface area (Å²) in [5, 5.41) is 0. The molecule has 0 aliphatic heterocycles. The molecule has 0 aliphatic carbocycles. The third-order valence-corrected chi connectivity index (χ3v) is 3.26. The molecule has 2 aromatic rings. The Morgan fingerprint density at radius 2 is 1.79 bits per heavy atom. The summed E-state index contributed by atoms with van der Waals surface area (Å²) in [4.78, 5) is 0. The number of hydrogen-bond acceptors (Lipinski definition) is 2. The van der Waals surface area contributed by atoms with E-state index in [1.54, 1.807) is 6.07 Å². The van der Waals surface area contributed by atoms with E-state index < -0.39 is 0 Å². The number of rotatable bonds is 4. The standard InChI is InChI=1S/C16H18FNO/c1-11-3-6-16(7-12(11)2)19-10-14-8-15(17)5-4-13(14)9-18/h3-8H,9-10,18H2,1-2H3. The largest absolute Gasteiger partial charge is 0.489 e. The van der Waals surface area contributed by atoms with Crippen molar-refractivity contribution in [2.75, 3.05) is 0 Å². The smallest absolute Gasteiger partial charge is 0.123 e. The second-order valence-electron chi connectivity index (χ2n) is 4.65. The lowest BCUT2D eigenvalue weighted by molar-refractivity contribution is 0.304. The molecule has 0 heterocycles. The monoisotopic (exact) mass is 259 g/mol. The number of halogens is 1. The molecule has 0 spiro atoms. The van der Waals surface area contributed by atoms with Gasteiger partial charge in [-0.1, -0.05) is 12.1 Å². The van der Waals surface area contributed by atoms with Crippen molar-refractivity contribution in [1.29, 1.82) is 0 Å². The zero-order valence-corrected chi connectivity index (χ0v) is 11.2. The predicted octanol–water partition coefficient (Wildman–Crippen LogP) is 3.48. The van der Waals surface area contributed by atoms with Gasteiger partial charge in [0.15, 0.2) is 0 Å². The lowest BCUT2D eigenvalue weighted by atomic mass is 10.1. The molecule has 0 saturated carbocycles. The van der Waals surface area contributed by atoms with Gasteiger partial charge in [-0.05, 0) is 60.4 Å². The van der Waals surface area contributed by atoms with Crippen molar-refractivity contribution in [1.82, 2.24) is 0 Å². The molecule has 0 unspecified atom stereocenters. The van der Waals surface area contributed by atoms with Gasteiger partial charge in [0, 0.05) is 6.54 Å². The van der Waals surface area contributed by atoms with Crippen LogP contribution < -0.4 is 10.5 Å². The summed E-state index contributed by atoms with van der Waals surface area (Å²) < 4.78 is 18.9. The molecule has 2 nitrogen and oxygen atoms in total. The highest BCUT2D eigenvalue weighted by atomic mass is 19.1. The van der Waals surface area contributed by atoms with Crippen molar-refractivity contribution in [2.24, 2.45) is 5.73 Å². The highest BCUT2D eigenvalue weighted by Crippen LogP contribution is 2.19. The molecule has 0 saturated heterocycles. The normalized spacial score (nSPS) is 10.5.